The van der Waals surface area contributed by atoms with E-state index in [1.54, 1.807) is 11.8 Å². The zero-order valence-electron chi connectivity index (χ0n) is 22.9. The van der Waals surface area contributed by atoms with Gasteiger partial charge in [0, 0.05) is 32.5 Å². The van der Waals surface area contributed by atoms with Crippen LogP contribution in [0.3, 0.4) is 0 Å². The van der Waals surface area contributed by atoms with Crippen LogP contribution in [-0.2, 0) is 6.18 Å². The third-order valence-electron chi connectivity index (χ3n) is 7.45. The minimum atomic E-state index is -4.37. The predicted molar refractivity (Wildman–Crippen MR) is 170 cm³/mol. The second kappa shape index (κ2) is 11.0. The SMILES string of the molecule is FC(F)(F)c1ccc(-c2cccc(N3c4ccccc4Sc4cc(N(c5ccccc5)c5ccccc5)ccc43)c2)cc1. The lowest BCUT2D eigenvalue weighted by Gasteiger charge is -2.34. The number of benzene rings is 6. The molecule has 0 fully saturated rings. The van der Waals surface area contributed by atoms with Gasteiger partial charge in [0.25, 0.3) is 0 Å². The first kappa shape index (κ1) is 26.9. The van der Waals surface area contributed by atoms with Gasteiger partial charge in [-0.15, -0.1) is 0 Å². The van der Waals surface area contributed by atoms with Gasteiger partial charge in [0.2, 0.25) is 0 Å². The molecule has 6 aromatic rings. The van der Waals surface area contributed by atoms with E-state index in [9.17, 15) is 13.2 Å². The number of fused-ring (bicyclic) bond motifs is 2. The average Bonchev–Trinajstić information content (AvgIpc) is 3.04. The van der Waals surface area contributed by atoms with Crippen molar-refractivity contribution in [2.45, 2.75) is 16.0 Å². The number of hydrogen-bond donors (Lipinski definition) is 0. The topological polar surface area (TPSA) is 6.48 Å². The molecule has 210 valence electrons. The summed E-state index contributed by atoms with van der Waals surface area (Å²) in [6.45, 7) is 0. The van der Waals surface area contributed by atoms with E-state index in [4.69, 9.17) is 0 Å². The summed E-state index contributed by atoms with van der Waals surface area (Å²) >= 11 is 1.73. The van der Waals surface area contributed by atoms with Crippen LogP contribution in [0.15, 0.2) is 161 Å². The largest absolute Gasteiger partial charge is 0.416 e. The summed E-state index contributed by atoms with van der Waals surface area (Å²) in [7, 11) is 0. The highest BCUT2D eigenvalue weighted by Gasteiger charge is 2.30. The van der Waals surface area contributed by atoms with E-state index in [2.05, 4.69) is 64.4 Å². The Hall–Kier alpha value is -4.94. The van der Waals surface area contributed by atoms with Crippen LogP contribution in [0.1, 0.15) is 5.56 Å². The number of rotatable bonds is 5. The molecule has 0 spiro atoms. The second-order valence-corrected chi connectivity index (χ2v) is 11.3. The van der Waals surface area contributed by atoms with E-state index in [-0.39, 0.29) is 0 Å². The summed E-state index contributed by atoms with van der Waals surface area (Å²) in [5.74, 6) is 0. The fourth-order valence-corrected chi connectivity index (χ4v) is 6.53. The Balaban J connectivity index is 1.32. The molecule has 2 nitrogen and oxygen atoms in total. The van der Waals surface area contributed by atoms with E-state index >= 15 is 0 Å². The summed E-state index contributed by atoms with van der Waals surface area (Å²) < 4.78 is 39.5. The van der Waals surface area contributed by atoms with Gasteiger partial charge in [-0.3, -0.25) is 0 Å². The molecule has 43 heavy (non-hydrogen) atoms. The first-order valence-electron chi connectivity index (χ1n) is 13.8. The van der Waals surface area contributed by atoms with Crippen LogP contribution in [0, 0.1) is 0 Å². The fourth-order valence-electron chi connectivity index (χ4n) is 5.44. The molecule has 0 aliphatic carbocycles. The molecule has 0 saturated carbocycles. The Morgan fingerprint density at radius 2 is 1.12 bits per heavy atom. The van der Waals surface area contributed by atoms with Crippen LogP contribution in [0.2, 0.25) is 0 Å². The minimum absolute atomic E-state index is 0.654. The average molecular weight is 587 g/mol. The zero-order chi connectivity index (χ0) is 29.4. The van der Waals surface area contributed by atoms with Crippen molar-refractivity contribution in [3.63, 3.8) is 0 Å². The van der Waals surface area contributed by atoms with Crippen molar-refractivity contribution in [1.29, 1.82) is 0 Å². The Labute approximate surface area is 252 Å². The van der Waals surface area contributed by atoms with Crippen LogP contribution in [0.5, 0.6) is 0 Å². The quantitative estimate of drug-likeness (QED) is 0.198. The zero-order valence-corrected chi connectivity index (χ0v) is 23.7. The van der Waals surface area contributed by atoms with E-state index < -0.39 is 11.7 Å². The lowest BCUT2D eigenvalue weighted by molar-refractivity contribution is -0.137. The van der Waals surface area contributed by atoms with Gasteiger partial charge in [-0.05, 0) is 90.0 Å². The third kappa shape index (κ3) is 5.26. The van der Waals surface area contributed by atoms with Crippen LogP contribution >= 0.6 is 11.8 Å². The molecule has 0 atom stereocenters. The maximum absolute atomic E-state index is 13.2. The van der Waals surface area contributed by atoms with Crippen LogP contribution in [0.25, 0.3) is 11.1 Å². The first-order valence-corrected chi connectivity index (χ1v) is 14.7. The summed E-state index contributed by atoms with van der Waals surface area (Å²) in [6.07, 6.45) is -4.37. The summed E-state index contributed by atoms with van der Waals surface area (Å²) in [4.78, 5) is 6.70. The Kier molecular flexibility index (Phi) is 6.92. The first-order chi connectivity index (χ1) is 21.0. The summed E-state index contributed by atoms with van der Waals surface area (Å²) in [6, 6.07) is 48.7. The van der Waals surface area contributed by atoms with Crippen molar-refractivity contribution in [3.05, 3.63) is 157 Å². The lowest BCUT2D eigenvalue weighted by Crippen LogP contribution is -2.16. The highest BCUT2D eigenvalue weighted by atomic mass is 32.2. The van der Waals surface area contributed by atoms with E-state index in [0.717, 1.165) is 67.2 Å². The molecule has 0 unspecified atom stereocenters. The third-order valence-corrected chi connectivity index (χ3v) is 8.56. The maximum atomic E-state index is 13.2. The molecule has 1 aliphatic rings. The number of nitrogens with zero attached hydrogens (tertiary/aromatic N) is 2. The fraction of sp³-hybridized carbons (Fsp3) is 0.0270. The van der Waals surface area contributed by atoms with Gasteiger partial charge in [0.05, 0.1) is 16.9 Å². The number of halogens is 3. The molecule has 1 aliphatic heterocycles. The number of anilines is 6. The van der Waals surface area contributed by atoms with Crippen molar-refractivity contribution in [2.24, 2.45) is 0 Å². The van der Waals surface area contributed by atoms with Gasteiger partial charge in [-0.2, -0.15) is 13.2 Å². The molecule has 6 heteroatoms. The Morgan fingerprint density at radius 1 is 0.488 bits per heavy atom. The van der Waals surface area contributed by atoms with Crippen molar-refractivity contribution < 1.29 is 13.2 Å². The highest BCUT2D eigenvalue weighted by Crippen LogP contribution is 2.53. The maximum Gasteiger partial charge on any atom is 0.416 e. The van der Waals surface area contributed by atoms with Crippen molar-refractivity contribution in [2.75, 3.05) is 9.80 Å². The smallest absolute Gasteiger partial charge is 0.310 e. The molecule has 0 N–H and O–H groups in total. The molecule has 0 radical (unpaired) electrons. The molecule has 0 aromatic heterocycles. The Bertz CT molecular complexity index is 1850. The van der Waals surface area contributed by atoms with Crippen LogP contribution in [0.4, 0.5) is 47.3 Å². The molecule has 0 saturated heterocycles. The van der Waals surface area contributed by atoms with Gasteiger partial charge < -0.3 is 9.80 Å². The van der Waals surface area contributed by atoms with Gasteiger partial charge in [-0.25, -0.2) is 0 Å². The van der Waals surface area contributed by atoms with Crippen LogP contribution in [-0.4, -0.2) is 0 Å². The molecule has 0 amide bonds. The molecule has 7 rings (SSSR count). The lowest BCUT2D eigenvalue weighted by atomic mass is 10.0. The standard InChI is InChI=1S/C37H25F3N2S/c38-37(39,40)28-20-18-26(19-21-28)27-10-9-15-31(24-27)42-33-16-7-8-17-35(33)43-36-25-32(22-23-34(36)42)41(29-11-3-1-4-12-29)30-13-5-2-6-14-30/h1-25H. The van der Waals surface area contributed by atoms with Crippen molar-refractivity contribution in [3.8, 4) is 11.1 Å². The van der Waals surface area contributed by atoms with Crippen molar-refractivity contribution in [1.82, 2.24) is 0 Å². The van der Waals surface area contributed by atoms with E-state index in [0.29, 0.717) is 0 Å². The Morgan fingerprint density at radius 3 is 1.79 bits per heavy atom. The van der Waals surface area contributed by atoms with Gasteiger partial charge >= 0.3 is 6.18 Å². The van der Waals surface area contributed by atoms with E-state index in [1.807, 2.05) is 72.8 Å². The minimum Gasteiger partial charge on any atom is -0.310 e. The van der Waals surface area contributed by atoms with Crippen molar-refractivity contribution >= 4 is 45.9 Å². The van der Waals surface area contributed by atoms with Gasteiger partial charge in [0.15, 0.2) is 0 Å². The van der Waals surface area contributed by atoms with Gasteiger partial charge in [0.1, 0.15) is 0 Å². The number of para-hydroxylation sites is 3. The molecule has 1 heterocycles. The summed E-state index contributed by atoms with van der Waals surface area (Å²) in [5.41, 5.74) is 7.12. The van der Waals surface area contributed by atoms with Crippen LogP contribution < -0.4 is 9.80 Å². The number of hydrogen-bond acceptors (Lipinski definition) is 3. The van der Waals surface area contributed by atoms with Gasteiger partial charge in [-0.1, -0.05) is 84.6 Å². The molecular weight excluding hydrogens is 561 g/mol. The summed E-state index contributed by atoms with van der Waals surface area (Å²) in [5, 5.41) is 0. The molecule has 0 bridgehead atoms. The van der Waals surface area contributed by atoms with E-state index in [1.165, 1.54) is 12.1 Å². The monoisotopic (exact) mass is 586 g/mol. The second-order valence-electron chi connectivity index (χ2n) is 10.2. The molecular formula is C37H25F3N2S. The normalized spacial score (nSPS) is 12.4. The highest BCUT2D eigenvalue weighted by molar-refractivity contribution is 7.99. The predicted octanol–water partition coefficient (Wildman–Crippen LogP) is 11.8. The molecule has 6 aromatic carbocycles. The number of alkyl halides is 3.